The van der Waals surface area contributed by atoms with Crippen LogP contribution in [0.5, 0.6) is 0 Å². The number of esters is 1. The topological polar surface area (TPSA) is 134 Å². The molecular weight excluding hydrogens is 398 g/mol. The smallest absolute Gasteiger partial charge is 0.320 e. The largest absolute Gasteiger partial charge is 0.461 e. The van der Waals surface area contributed by atoms with Crippen LogP contribution in [0.1, 0.15) is 53.9 Å². The Balaban J connectivity index is 1.83. The zero-order valence-electron chi connectivity index (χ0n) is 18.9. The van der Waals surface area contributed by atoms with Crippen molar-refractivity contribution in [2.45, 2.75) is 60.0 Å². The highest BCUT2D eigenvalue weighted by Crippen LogP contribution is 2.38. The van der Waals surface area contributed by atoms with E-state index in [1.807, 2.05) is 0 Å². The number of aromatic nitrogens is 2. The number of hydrogen-bond donors (Lipinski definition) is 3. The number of nitrogens with zero attached hydrogens (tertiary/aromatic N) is 3. The van der Waals surface area contributed by atoms with Crippen LogP contribution in [0.4, 0.5) is 17.5 Å². The molecule has 0 saturated heterocycles. The van der Waals surface area contributed by atoms with Gasteiger partial charge in [0, 0.05) is 12.3 Å². The van der Waals surface area contributed by atoms with Gasteiger partial charge in [0.1, 0.15) is 6.10 Å². The summed E-state index contributed by atoms with van der Waals surface area (Å²) < 4.78 is 7.42. The van der Waals surface area contributed by atoms with E-state index in [9.17, 15) is 14.7 Å². The van der Waals surface area contributed by atoms with Gasteiger partial charge in [0.15, 0.2) is 0 Å². The molecule has 2 aliphatic rings. The molecule has 0 spiro atoms. The molecule has 9 nitrogen and oxygen atoms in total. The lowest BCUT2D eigenvalue weighted by molar-refractivity contribution is -0.295. The van der Waals surface area contributed by atoms with E-state index in [1.165, 1.54) is 6.34 Å². The lowest BCUT2D eigenvalue weighted by atomic mass is 9.74. The molecule has 0 radical (unpaired) electrons. The fourth-order valence-electron chi connectivity index (χ4n) is 4.73. The second-order valence-electron chi connectivity index (χ2n) is 10.3. The summed E-state index contributed by atoms with van der Waals surface area (Å²) >= 11 is 0. The molecule has 0 unspecified atom stereocenters. The Bertz CT molecular complexity index is 1030. The first-order valence-electron chi connectivity index (χ1n) is 10.4. The number of carbonyl (C=O) groups is 1. The van der Waals surface area contributed by atoms with Crippen LogP contribution in [0.15, 0.2) is 21.9 Å². The molecule has 1 aromatic heterocycles. The van der Waals surface area contributed by atoms with Gasteiger partial charge in [0.2, 0.25) is 6.34 Å². The molecule has 0 aromatic carbocycles. The normalized spacial score (nSPS) is 23.4. The van der Waals surface area contributed by atoms with Crippen molar-refractivity contribution in [2.75, 3.05) is 12.3 Å². The van der Waals surface area contributed by atoms with E-state index >= 15 is 0 Å². The summed E-state index contributed by atoms with van der Waals surface area (Å²) in [5, 5.41) is 9.94. The van der Waals surface area contributed by atoms with E-state index in [-0.39, 0.29) is 41.5 Å². The van der Waals surface area contributed by atoms with Crippen molar-refractivity contribution in [3.63, 3.8) is 0 Å². The van der Waals surface area contributed by atoms with Gasteiger partial charge >= 0.3 is 17.3 Å². The average Bonchev–Trinajstić information content (AvgIpc) is 3.12. The van der Waals surface area contributed by atoms with E-state index in [1.54, 1.807) is 4.58 Å². The van der Waals surface area contributed by atoms with Crippen molar-refractivity contribution in [3.05, 3.63) is 22.5 Å². The summed E-state index contributed by atoms with van der Waals surface area (Å²) in [5.41, 5.74) is 6.59. The summed E-state index contributed by atoms with van der Waals surface area (Å²) in [6.07, 6.45) is 2.40. The fourth-order valence-corrected chi connectivity index (χ4v) is 4.73. The zero-order valence-corrected chi connectivity index (χ0v) is 18.9. The summed E-state index contributed by atoms with van der Waals surface area (Å²) in [6, 6.07) is 0. The third-order valence-corrected chi connectivity index (χ3v) is 5.49. The van der Waals surface area contributed by atoms with Gasteiger partial charge in [0.25, 0.3) is 11.6 Å². The number of aliphatic hydroxyl groups is 1. The minimum absolute atomic E-state index is 0.0220. The first kappa shape index (κ1) is 22.9. The molecule has 0 amide bonds. The number of hydrogen-bond acceptors (Lipinski definition) is 7. The standard InChI is InChI=1S/C22H31N5O4/c1-12-13(9-28)15(31-16(29)8-22(5,6)10-21(2,3)4)7-14(12)27-11-24-17-18(27)25-20(23)26-19(17)30/h11,13,15,28H,1,7-10H2,2-6H3,(H2-,23,25,26,30)/p+1/b27-14+/t13-,15-/m0/s1. The van der Waals surface area contributed by atoms with Gasteiger partial charge in [-0.3, -0.25) is 14.6 Å². The van der Waals surface area contributed by atoms with Gasteiger partial charge in [-0.2, -0.15) is 4.58 Å². The lowest BCUT2D eigenvalue weighted by Crippen LogP contribution is -2.29. The molecule has 168 valence electrons. The van der Waals surface area contributed by atoms with E-state index in [2.05, 4.69) is 56.2 Å². The van der Waals surface area contributed by atoms with Crippen molar-refractivity contribution in [2.24, 2.45) is 21.7 Å². The molecule has 1 fully saturated rings. The van der Waals surface area contributed by atoms with Crippen molar-refractivity contribution >= 4 is 35.5 Å². The maximum Gasteiger partial charge on any atom is 0.320 e. The van der Waals surface area contributed by atoms with Crippen molar-refractivity contribution < 1.29 is 19.2 Å². The number of anilines is 1. The van der Waals surface area contributed by atoms with Crippen LogP contribution < -0.4 is 11.3 Å². The Kier molecular flexibility index (Phi) is 5.92. The molecule has 1 aliphatic carbocycles. The van der Waals surface area contributed by atoms with Crippen LogP contribution in [-0.2, 0) is 9.53 Å². The maximum absolute atomic E-state index is 12.7. The molecule has 31 heavy (non-hydrogen) atoms. The number of aromatic amines is 1. The van der Waals surface area contributed by atoms with Crippen LogP contribution in [-0.4, -0.2) is 50.4 Å². The maximum atomic E-state index is 12.7. The van der Waals surface area contributed by atoms with E-state index < -0.39 is 17.6 Å². The molecule has 0 bridgehead atoms. The number of fused-ring (bicyclic) bond motifs is 1. The highest BCUT2D eigenvalue weighted by molar-refractivity contribution is 6.02. The molecule has 9 heteroatoms. The second kappa shape index (κ2) is 8.03. The third-order valence-electron chi connectivity index (χ3n) is 5.49. The molecule has 2 atom stereocenters. The Hall–Kier alpha value is -2.81. The van der Waals surface area contributed by atoms with Crippen molar-refractivity contribution in [1.29, 1.82) is 0 Å². The average molecular weight is 431 g/mol. The molecule has 4 N–H and O–H groups in total. The zero-order chi connectivity index (χ0) is 23.1. The first-order valence-corrected chi connectivity index (χ1v) is 10.4. The van der Waals surface area contributed by atoms with Crippen LogP contribution in [0, 0.1) is 16.7 Å². The minimum atomic E-state index is -0.553. The summed E-state index contributed by atoms with van der Waals surface area (Å²) in [6.45, 7) is 14.4. The van der Waals surface area contributed by atoms with Gasteiger partial charge in [0.05, 0.1) is 18.7 Å². The Morgan fingerprint density at radius 2 is 2.06 bits per heavy atom. The first-order chi connectivity index (χ1) is 14.3. The van der Waals surface area contributed by atoms with Gasteiger partial charge < -0.3 is 15.6 Å². The number of nitrogen functional groups attached to an aromatic ring is 1. The predicted molar refractivity (Wildman–Crippen MR) is 119 cm³/mol. The van der Waals surface area contributed by atoms with Gasteiger partial charge in [-0.05, 0) is 22.8 Å². The van der Waals surface area contributed by atoms with Crippen LogP contribution in [0.25, 0.3) is 0 Å². The number of rotatable bonds is 5. The number of ether oxygens (including phenoxy) is 1. The number of aliphatic imine (C=N–C) groups is 1. The van der Waals surface area contributed by atoms with E-state index in [4.69, 9.17) is 10.5 Å². The molecule has 3 rings (SSSR count). The molecule has 1 aliphatic heterocycles. The Morgan fingerprint density at radius 1 is 1.39 bits per heavy atom. The quantitative estimate of drug-likeness (QED) is 0.485. The van der Waals surface area contributed by atoms with E-state index in [0.717, 1.165) is 6.42 Å². The highest BCUT2D eigenvalue weighted by Gasteiger charge is 2.42. The number of H-pyrrole nitrogens is 1. The summed E-state index contributed by atoms with van der Waals surface area (Å²) in [4.78, 5) is 35.5. The minimum Gasteiger partial charge on any atom is -0.461 e. The summed E-state index contributed by atoms with van der Waals surface area (Å²) in [5.74, 6) is -0.471. The van der Waals surface area contributed by atoms with Crippen molar-refractivity contribution in [1.82, 2.24) is 9.97 Å². The predicted octanol–water partition coefficient (Wildman–Crippen LogP) is 2.44. The van der Waals surface area contributed by atoms with Gasteiger partial charge in [-0.15, -0.1) is 0 Å². The lowest BCUT2D eigenvalue weighted by Gasteiger charge is -2.32. The van der Waals surface area contributed by atoms with Crippen LogP contribution in [0.2, 0.25) is 0 Å². The highest BCUT2D eigenvalue weighted by atomic mass is 16.5. The number of nitrogens with one attached hydrogen (secondary N) is 1. The van der Waals surface area contributed by atoms with Gasteiger partial charge in [-0.25, -0.2) is 0 Å². The fraction of sp³-hybridized carbons (Fsp3) is 0.591. The Labute approximate surface area is 181 Å². The van der Waals surface area contributed by atoms with Crippen LogP contribution in [0.3, 0.4) is 0 Å². The molecular formula is C22H32N5O4+. The monoisotopic (exact) mass is 430 g/mol. The van der Waals surface area contributed by atoms with Crippen LogP contribution >= 0.6 is 0 Å². The molecule has 2 heterocycles. The molecule has 1 saturated carbocycles. The Morgan fingerprint density at radius 3 is 2.68 bits per heavy atom. The number of carbonyl (C=O) groups excluding carboxylic acids is 1. The number of aliphatic hydroxyl groups excluding tert-OH is 1. The second-order valence-corrected chi connectivity index (χ2v) is 10.3. The molecule has 1 aromatic rings. The van der Waals surface area contributed by atoms with E-state index in [0.29, 0.717) is 23.5 Å². The SMILES string of the molecule is C=C1/C(=[N+]2\C=Nc3c2nc(N)[nH]c3=O)C[C@H](OC(=O)CC(C)(C)CC(C)(C)C)[C@H]1CO. The third kappa shape index (κ3) is 4.92. The summed E-state index contributed by atoms with van der Waals surface area (Å²) in [7, 11) is 0. The number of nitrogens with two attached hydrogens (primary N) is 1. The van der Waals surface area contributed by atoms with Gasteiger partial charge in [-0.1, -0.05) is 51.2 Å². The van der Waals surface area contributed by atoms with Crippen molar-refractivity contribution in [3.8, 4) is 0 Å².